The first kappa shape index (κ1) is 49.7. The van der Waals surface area contributed by atoms with Crippen LogP contribution in [-0.2, 0) is 28.5 Å². The lowest BCUT2D eigenvalue weighted by atomic mass is 10.0. The van der Waals surface area contributed by atoms with Crippen LogP contribution in [-0.4, -0.2) is 100.0 Å². The predicted octanol–water partition coefficient (Wildman–Crippen LogP) is 10.4. The van der Waals surface area contributed by atoms with Gasteiger partial charge in [-0.1, -0.05) is 56.8 Å². The van der Waals surface area contributed by atoms with E-state index in [-0.39, 0.29) is 35.4 Å². The Bertz CT molecular complexity index is 915. The van der Waals surface area contributed by atoms with Crippen LogP contribution in [0.4, 0.5) is 0 Å². The van der Waals surface area contributed by atoms with Crippen LogP contribution >= 0.6 is 0 Å². The summed E-state index contributed by atoms with van der Waals surface area (Å²) in [6.45, 7) is 34.8. The highest BCUT2D eigenvalue weighted by atomic mass is 28.3. The molecule has 0 unspecified atom stereocenters. The zero-order valence-electron chi connectivity index (χ0n) is 35.5. The minimum atomic E-state index is -1.33. The van der Waals surface area contributed by atoms with Gasteiger partial charge in [-0.25, -0.2) is 0 Å². The Kier molecular flexibility index (Phi) is 22.6. The third kappa shape index (κ3) is 28.2. The topological polar surface area (TPSA) is 104 Å². The molecular weight excluding hydrogens is 665 g/mol. The van der Waals surface area contributed by atoms with Crippen LogP contribution in [0, 0.1) is 0 Å². The van der Waals surface area contributed by atoms with E-state index in [1.807, 2.05) is 13.8 Å². The van der Waals surface area contributed by atoms with E-state index in [1.54, 1.807) is 0 Å². The molecule has 0 aliphatic heterocycles. The highest BCUT2D eigenvalue weighted by molar-refractivity contribution is 6.77. The molecule has 50 heavy (non-hydrogen) atoms. The summed E-state index contributed by atoms with van der Waals surface area (Å²) in [7, 11) is -2.60. The van der Waals surface area contributed by atoms with Gasteiger partial charge in [0.1, 0.15) is 0 Å². The Morgan fingerprint density at radius 2 is 0.760 bits per heavy atom. The molecule has 0 atom stereocenters. The Balaban J connectivity index is 4.23. The van der Waals surface area contributed by atoms with Crippen molar-refractivity contribution < 1.29 is 38.7 Å². The number of aliphatic hydroxyl groups is 1. The number of carboxylic acids is 1. The van der Waals surface area contributed by atoms with Crippen LogP contribution in [0.15, 0.2) is 0 Å². The molecule has 0 rings (SSSR count). The van der Waals surface area contributed by atoms with Crippen LogP contribution in [0.25, 0.3) is 0 Å². The molecule has 0 aromatic heterocycles. The average molecular weight is 749 g/mol. The van der Waals surface area contributed by atoms with E-state index in [2.05, 4.69) is 81.6 Å². The first-order chi connectivity index (χ1) is 22.7. The largest absolute Gasteiger partial charge is 0.481 e. The van der Waals surface area contributed by atoms with Crippen molar-refractivity contribution in [3.05, 3.63) is 0 Å². The van der Waals surface area contributed by atoms with Crippen molar-refractivity contribution in [1.29, 1.82) is 0 Å². The van der Waals surface area contributed by atoms with Crippen molar-refractivity contribution in [1.82, 2.24) is 0 Å². The summed E-state index contributed by atoms with van der Waals surface area (Å²) in [4.78, 5) is 10.9. The third-order valence-corrected chi connectivity index (χ3v) is 17.0. The van der Waals surface area contributed by atoms with Gasteiger partial charge in [0, 0.05) is 49.0 Å². The summed E-state index contributed by atoms with van der Waals surface area (Å²) < 4.78 is 31.0. The molecule has 0 saturated carbocycles. The van der Waals surface area contributed by atoms with E-state index < -0.39 is 27.7 Å². The summed E-state index contributed by atoms with van der Waals surface area (Å²) in [5, 5.41) is 18.1. The van der Waals surface area contributed by atoms with Crippen molar-refractivity contribution in [3.63, 3.8) is 0 Å². The summed E-state index contributed by atoms with van der Waals surface area (Å²) in [6.07, 6.45) is 8.55. The third-order valence-electron chi connectivity index (χ3n) is 10.2. The molecule has 0 bridgehead atoms. The van der Waals surface area contributed by atoms with Gasteiger partial charge in [0.15, 0.2) is 0 Å². The van der Waals surface area contributed by atoms with Crippen molar-refractivity contribution in [2.45, 2.75) is 212 Å². The summed E-state index contributed by atoms with van der Waals surface area (Å²) >= 11 is 0. The molecule has 0 spiro atoms. The maximum absolute atomic E-state index is 10.9. The Labute approximate surface area is 311 Å². The average Bonchev–Trinajstić information content (AvgIpc) is 2.94. The highest BCUT2D eigenvalue weighted by Gasteiger charge is 2.28. The fraction of sp³-hybridized carbons (Fsp3) is 0.975. The lowest BCUT2D eigenvalue weighted by Crippen LogP contribution is -2.33. The minimum Gasteiger partial charge on any atom is -0.481 e. The minimum absolute atomic E-state index is 0.121. The van der Waals surface area contributed by atoms with Crippen LogP contribution in [0.5, 0.6) is 0 Å². The van der Waals surface area contributed by atoms with Gasteiger partial charge in [-0.2, -0.15) is 0 Å². The second-order valence-electron chi connectivity index (χ2n) is 19.4. The van der Waals surface area contributed by atoms with Crippen molar-refractivity contribution in [3.8, 4) is 0 Å². The van der Waals surface area contributed by atoms with Crippen LogP contribution in [0.2, 0.25) is 50.4 Å². The normalized spacial score (nSPS) is 14.1. The standard InChI is InChI=1S/C40H84O8Si2/c1-36(2,20-15-31-49(11,12)32-16-26-44-38(5,6)22-25-41)47-29-23-39(7,8)45-27-17-33-50(13,14)34-18-28-46-40(9,10)24-30-48-37(3,4)21-19-35(42)43/h41H,15-34H2,1-14H3,(H,42,43). The fourth-order valence-corrected chi connectivity index (χ4v) is 11.1. The number of ether oxygens (including phenoxy) is 5. The zero-order valence-corrected chi connectivity index (χ0v) is 37.5. The molecule has 8 nitrogen and oxygen atoms in total. The summed E-state index contributed by atoms with van der Waals surface area (Å²) in [6, 6.07) is 5.08. The van der Waals surface area contributed by atoms with Crippen LogP contribution < -0.4 is 0 Å². The molecular formula is C40H84O8Si2. The van der Waals surface area contributed by atoms with Gasteiger partial charge in [0.05, 0.1) is 41.2 Å². The summed E-state index contributed by atoms with van der Waals surface area (Å²) in [5.74, 6) is -0.786. The quantitative estimate of drug-likeness (QED) is 0.0518. The number of hydrogen-bond acceptors (Lipinski definition) is 7. The molecule has 300 valence electrons. The zero-order chi connectivity index (χ0) is 38.8. The molecule has 0 aliphatic rings. The number of carboxylic acid groups (broad SMARTS) is 1. The van der Waals surface area contributed by atoms with Gasteiger partial charge in [0.2, 0.25) is 0 Å². The number of rotatable bonds is 32. The van der Waals surface area contributed by atoms with Gasteiger partial charge >= 0.3 is 5.97 Å². The molecule has 0 aromatic rings. The SMILES string of the molecule is CC(C)(CCO)OCCC[Si](C)(C)CCCC(C)(C)OCCC(C)(C)OCCC[Si](C)(C)CCCOC(C)(C)CCOC(C)(C)CCC(=O)O. The van der Waals surface area contributed by atoms with Crippen LogP contribution in [0.3, 0.4) is 0 Å². The van der Waals surface area contributed by atoms with Gasteiger partial charge in [-0.3, -0.25) is 4.79 Å². The van der Waals surface area contributed by atoms with Gasteiger partial charge < -0.3 is 33.9 Å². The molecule has 0 amide bonds. The Morgan fingerprint density at radius 3 is 1.12 bits per heavy atom. The van der Waals surface area contributed by atoms with Crippen LogP contribution in [0.1, 0.15) is 133 Å². The summed E-state index contributed by atoms with van der Waals surface area (Å²) in [5.41, 5.74) is -1.26. The Hall–Kier alpha value is -0.336. The van der Waals surface area contributed by atoms with E-state index in [0.29, 0.717) is 26.1 Å². The molecule has 2 N–H and O–H groups in total. The second-order valence-corrected chi connectivity index (χ2v) is 30.1. The van der Waals surface area contributed by atoms with E-state index in [9.17, 15) is 9.90 Å². The molecule has 0 radical (unpaired) electrons. The van der Waals surface area contributed by atoms with Crippen molar-refractivity contribution in [2.24, 2.45) is 0 Å². The maximum atomic E-state index is 10.9. The highest BCUT2D eigenvalue weighted by Crippen LogP contribution is 2.28. The van der Waals surface area contributed by atoms with Gasteiger partial charge in [-0.05, 0) is 121 Å². The number of aliphatic carboxylic acids is 1. The monoisotopic (exact) mass is 749 g/mol. The fourth-order valence-electron chi connectivity index (χ4n) is 6.12. The lowest BCUT2D eigenvalue weighted by Gasteiger charge is -2.31. The first-order valence-corrected chi connectivity index (χ1v) is 26.6. The molecule has 0 heterocycles. The van der Waals surface area contributed by atoms with E-state index >= 15 is 0 Å². The van der Waals surface area contributed by atoms with Crippen molar-refractivity contribution >= 4 is 22.1 Å². The molecule has 0 aromatic carbocycles. The molecule has 0 aliphatic carbocycles. The second kappa shape index (κ2) is 22.8. The smallest absolute Gasteiger partial charge is 0.303 e. The van der Waals surface area contributed by atoms with Crippen molar-refractivity contribution in [2.75, 3.05) is 39.6 Å². The van der Waals surface area contributed by atoms with E-state index in [1.165, 1.54) is 30.6 Å². The van der Waals surface area contributed by atoms with Gasteiger partial charge in [0.25, 0.3) is 0 Å². The predicted molar refractivity (Wildman–Crippen MR) is 215 cm³/mol. The van der Waals surface area contributed by atoms with E-state index in [4.69, 9.17) is 28.8 Å². The van der Waals surface area contributed by atoms with Gasteiger partial charge in [-0.15, -0.1) is 0 Å². The number of carbonyl (C=O) groups is 1. The molecule has 0 saturated heterocycles. The lowest BCUT2D eigenvalue weighted by molar-refractivity contribution is -0.139. The first-order valence-electron chi connectivity index (χ1n) is 19.7. The number of hydrogen-bond donors (Lipinski definition) is 2. The number of aliphatic hydroxyl groups excluding tert-OH is 1. The molecule has 10 heteroatoms. The van der Waals surface area contributed by atoms with E-state index in [0.717, 1.165) is 58.3 Å². The molecule has 0 fully saturated rings. The Morgan fingerprint density at radius 1 is 0.460 bits per heavy atom. The maximum Gasteiger partial charge on any atom is 0.303 e.